The smallest absolute Gasteiger partial charge is 0.300 e. The van der Waals surface area contributed by atoms with Gasteiger partial charge in [-0.05, 0) is 36.4 Å². The summed E-state index contributed by atoms with van der Waals surface area (Å²) in [5.41, 5.74) is 10.5. The molecule has 146 valence electrons. The average molecular weight is 388 g/mol. The molecule has 7 N–H and O–H groups in total. The van der Waals surface area contributed by atoms with E-state index in [1.165, 1.54) is 12.1 Å². The Kier molecular flexibility index (Phi) is 9.59. The molecule has 0 unspecified atom stereocenters. The average Bonchev–Trinajstić information content (AvgIpc) is 2.59. The molecule has 0 aromatic heterocycles. The molecular weight excluding hydrogens is 372 g/mol. The summed E-state index contributed by atoms with van der Waals surface area (Å²) >= 11 is 0. The van der Waals surface area contributed by atoms with Gasteiger partial charge < -0.3 is 21.8 Å². The maximum Gasteiger partial charge on any atom is 0.300 e. The minimum atomic E-state index is -1.03. The van der Waals surface area contributed by atoms with Gasteiger partial charge in [-0.1, -0.05) is 5.16 Å². The number of nitrogens with two attached hydrogens (primary N) is 2. The van der Waals surface area contributed by atoms with Crippen LogP contribution in [0, 0.1) is 28.7 Å². The fraction of sp³-hybridized carbons (Fsp3) is 0.0625. The number of carbonyl (C=O) groups is 1. The van der Waals surface area contributed by atoms with Crippen LogP contribution >= 0.6 is 0 Å². The Labute approximate surface area is 151 Å². The number of hydrogen-bond donors (Lipinski definition) is 5. The number of benzene rings is 2. The standard InChI is InChI=1S/C7H6F2N2O.C7H6F2N2.C2H4O2/c8-5-2-1-4(3-6(5)9)7(10)11-12;8-5-2-1-4(7(10)11)3-6(5)9;1-2(3)4/h1-3,12H,(H2,10,11);1-3H,(H3,10,11);1H3,(H,3,4). The maximum absolute atomic E-state index is 12.5. The third-order valence-corrected chi connectivity index (χ3v) is 2.55. The van der Waals surface area contributed by atoms with Gasteiger partial charge in [-0.15, -0.1) is 0 Å². The number of halogens is 4. The van der Waals surface area contributed by atoms with E-state index in [9.17, 15) is 17.6 Å². The molecule has 0 atom stereocenters. The van der Waals surface area contributed by atoms with Crippen LogP contribution in [0.25, 0.3) is 0 Å². The van der Waals surface area contributed by atoms with Crippen molar-refractivity contribution in [3.05, 3.63) is 70.8 Å². The second-order valence-corrected chi connectivity index (χ2v) is 4.68. The van der Waals surface area contributed by atoms with Crippen molar-refractivity contribution in [2.75, 3.05) is 0 Å². The van der Waals surface area contributed by atoms with Gasteiger partial charge in [0.25, 0.3) is 5.97 Å². The van der Waals surface area contributed by atoms with Gasteiger partial charge in [-0.2, -0.15) is 0 Å². The van der Waals surface area contributed by atoms with Crippen molar-refractivity contribution in [3.63, 3.8) is 0 Å². The lowest BCUT2D eigenvalue weighted by atomic mass is 10.2. The number of nitrogen functional groups attached to an aromatic ring is 1. The van der Waals surface area contributed by atoms with E-state index < -0.39 is 29.2 Å². The number of nitrogens with zero attached hydrogens (tertiary/aromatic N) is 1. The molecule has 2 aromatic carbocycles. The molecule has 0 spiro atoms. The molecular formula is C16H16F4N4O3. The lowest BCUT2D eigenvalue weighted by Crippen LogP contribution is -2.13. The van der Waals surface area contributed by atoms with E-state index in [0.717, 1.165) is 31.2 Å². The van der Waals surface area contributed by atoms with Gasteiger partial charge >= 0.3 is 0 Å². The monoisotopic (exact) mass is 388 g/mol. The zero-order valence-electron chi connectivity index (χ0n) is 13.9. The molecule has 0 fully saturated rings. The summed E-state index contributed by atoms with van der Waals surface area (Å²) in [7, 11) is 0. The highest BCUT2D eigenvalue weighted by molar-refractivity contribution is 5.97. The van der Waals surface area contributed by atoms with E-state index in [2.05, 4.69) is 5.16 Å². The molecule has 0 saturated carbocycles. The number of nitrogens with one attached hydrogen (secondary N) is 1. The molecule has 2 aromatic rings. The molecule has 0 amide bonds. The first kappa shape index (κ1) is 23.4. The molecule has 0 heterocycles. The molecule has 0 bridgehead atoms. The van der Waals surface area contributed by atoms with Crippen molar-refractivity contribution in [3.8, 4) is 0 Å². The van der Waals surface area contributed by atoms with Crippen LogP contribution in [-0.4, -0.2) is 28.0 Å². The highest BCUT2D eigenvalue weighted by Crippen LogP contribution is 2.08. The van der Waals surface area contributed by atoms with Crippen molar-refractivity contribution >= 4 is 17.6 Å². The number of aliphatic carboxylic acids is 1. The molecule has 0 aliphatic heterocycles. The summed E-state index contributed by atoms with van der Waals surface area (Å²) in [5, 5.41) is 25.1. The van der Waals surface area contributed by atoms with Gasteiger partial charge in [0.1, 0.15) is 5.84 Å². The summed E-state index contributed by atoms with van der Waals surface area (Å²) < 4.78 is 49.5. The summed E-state index contributed by atoms with van der Waals surface area (Å²) in [6, 6.07) is 6.05. The zero-order valence-corrected chi connectivity index (χ0v) is 13.9. The highest BCUT2D eigenvalue weighted by atomic mass is 19.2. The summed E-state index contributed by atoms with van der Waals surface area (Å²) in [6.07, 6.45) is 0. The Balaban J connectivity index is 0.000000421. The van der Waals surface area contributed by atoms with Crippen LogP contribution in [-0.2, 0) is 4.79 Å². The number of rotatable bonds is 2. The number of hydrogen-bond acceptors (Lipinski definition) is 4. The number of amidine groups is 2. The molecule has 0 aliphatic rings. The first-order chi connectivity index (χ1) is 12.5. The van der Waals surface area contributed by atoms with Crippen molar-refractivity contribution in [1.82, 2.24) is 0 Å². The minimum absolute atomic E-state index is 0.136. The molecule has 0 aliphatic carbocycles. The topological polar surface area (TPSA) is 146 Å². The van der Waals surface area contributed by atoms with Crippen molar-refractivity contribution in [1.29, 1.82) is 5.41 Å². The fourth-order valence-corrected chi connectivity index (χ4v) is 1.38. The molecule has 7 nitrogen and oxygen atoms in total. The summed E-state index contributed by atoms with van der Waals surface area (Å²) in [5.74, 6) is -5.28. The van der Waals surface area contributed by atoms with Crippen LogP contribution in [0.1, 0.15) is 18.1 Å². The van der Waals surface area contributed by atoms with E-state index in [0.29, 0.717) is 0 Å². The van der Waals surface area contributed by atoms with E-state index in [4.69, 9.17) is 32.0 Å². The van der Waals surface area contributed by atoms with Gasteiger partial charge in [0.2, 0.25) is 0 Å². The summed E-state index contributed by atoms with van der Waals surface area (Å²) in [4.78, 5) is 9.00. The van der Waals surface area contributed by atoms with Crippen LogP contribution in [0.15, 0.2) is 41.6 Å². The highest BCUT2D eigenvalue weighted by Gasteiger charge is 2.05. The summed E-state index contributed by atoms with van der Waals surface area (Å²) in [6.45, 7) is 1.08. The molecule has 0 saturated heterocycles. The van der Waals surface area contributed by atoms with Gasteiger partial charge in [0.15, 0.2) is 29.1 Å². The van der Waals surface area contributed by atoms with Crippen LogP contribution in [0.3, 0.4) is 0 Å². The van der Waals surface area contributed by atoms with Crippen molar-refractivity contribution in [2.24, 2.45) is 16.6 Å². The van der Waals surface area contributed by atoms with E-state index in [-0.39, 0.29) is 22.8 Å². The van der Waals surface area contributed by atoms with Gasteiger partial charge in [-0.25, -0.2) is 17.6 Å². The van der Waals surface area contributed by atoms with Crippen LogP contribution in [0.5, 0.6) is 0 Å². The Hall–Kier alpha value is -3.63. The molecule has 27 heavy (non-hydrogen) atoms. The second-order valence-electron chi connectivity index (χ2n) is 4.68. The molecule has 0 radical (unpaired) electrons. The van der Waals surface area contributed by atoms with Crippen LogP contribution in [0.2, 0.25) is 0 Å². The molecule has 11 heteroatoms. The van der Waals surface area contributed by atoms with Crippen LogP contribution < -0.4 is 11.5 Å². The zero-order chi connectivity index (χ0) is 21.1. The lowest BCUT2D eigenvalue weighted by Gasteiger charge is -1.98. The van der Waals surface area contributed by atoms with Crippen molar-refractivity contribution < 1.29 is 32.7 Å². The second kappa shape index (κ2) is 11.1. The predicted octanol–water partition coefficient (Wildman–Crippen LogP) is 2.40. The van der Waals surface area contributed by atoms with Crippen LogP contribution in [0.4, 0.5) is 17.6 Å². The normalized spacial score (nSPS) is 10.0. The fourth-order valence-electron chi connectivity index (χ4n) is 1.38. The Morgan fingerprint density at radius 2 is 1.30 bits per heavy atom. The Bertz CT molecular complexity index is 840. The van der Waals surface area contributed by atoms with Crippen molar-refractivity contribution in [2.45, 2.75) is 6.92 Å². The largest absolute Gasteiger partial charge is 0.481 e. The number of oxime groups is 1. The number of carboxylic acid groups (broad SMARTS) is 1. The van der Waals surface area contributed by atoms with E-state index in [1.54, 1.807) is 0 Å². The third kappa shape index (κ3) is 8.86. The Morgan fingerprint density at radius 3 is 1.63 bits per heavy atom. The Morgan fingerprint density at radius 1 is 0.926 bits per heavy atom. The van der Waals surface area contributed by atoms with Gasteiger partial charge in [0.05, 0.1) is 0 Å². The molecule has 2 rings (SSSR count). The quantitative estimate of drug-likeness (QED) is 0.176. The third-order valence-electron chi connectivity index (χ3n) is 2.55. The first-order valence-electron chi connectivity index (χ1n) is 6.91. The minimum Gasteiger partial charge on any atom is -0.481 e. The maximum atomic E-state index is 12.5. The lowest BCUT2D eigenvalue weighted by molar-refractivity contribution is -0.134. The van der Waals surface area contributed by atoms with Gasteiger partial charge in [-0.3, -0.25) is 10.2 Å². The van der Waals surface area contributed by atoms with Gasteiger partial charge in [0, 0.05) is 18.1 Å². The van der Waals surface area contributed by atoms with E-state index in [1.807, 2.05) is 0 Å². The van der Waals surface area contributed by atoms with E-state index >= 15 is 0 Å². The first-order valence-corrected chi connectivity index (χ1v) is 6.91. The number of carboxylic acids is 1. The SMILES string of the molecule is CC(=O)O.N=C(N)c1ccc(F)c(F)c1.NC(=NO)c1ccc(F)c(F)c1. The predicted molar refractivity (Wildman–Crippen MR) is 89.6 cm³/mol.